The van der Waals surface area contributed by atoms with Crippen LogP contribution in [0.2, 0.25) is 0 Å². The lowest BCUT2D eigenvalue weighted by Gasteiger charge is -2.35. The SMILES string of the molecule is Bc1c(B)c(B)c(-c2ccccc2N(c2ccc3c(c2)-c2ccccc2C3(c2ccccc2)c2ccccc2)c2ccc3c(c2)C2(c4ccccc4-c4ccc(N(c5ccccc5)c5ccccc5)cc42)c2ccccc2-3)c(B)c1B. The van der Waals surface area contributed by atoms with Crippen LogP contribution in [0.4, 0.5) is 34.1 Å². The number of benzene rings is 12. The minimum atomic E-state index is -0.631. The summed E-state index contributed by atoms with van der Waals surface area (Å²) in [6.45, 7) is 0. The molecule has 2 nitrogen and oxygen atoms in total. The van der Waals surface area contributed by atoms with Crippen LogP contribution in [-0.4, -0.2) is 39.2 Å². The highest BCUT2D eigenvalue weighted by Crippen LogP contribution is 2.65. The van der Waals surface area contributed by atoms with Gasteiger partial charge in [0.25, 0.3) is 0 Å². The van der Waals surface area contributed by atoms with Crippen LogP contribution in [0.3, 0.4) is 0 Å². The summed E-state index contributed by atoms with van der Waals surface area (Å²) < 4.78 is 0. The summed E-state index contributed by atoms with van der Waals surface area (Å²) in [7, 11) is 11.5. The van der Waals surface area contributed by atoms with E-state index in [2.05, 4.69) is 322 Å². The molecule has 12 aromatic rings. The van der Waals surface area contributed by atoms with Gasteiger partial charge in [-0.25, -0.2) is 0 Å². The Morgan fingerprint density at radius 1 is 0.222 bits per heavy atom. The first-order valence-electron chi connectivity index (χ1n) is 28.5. The minimum absolute atomic E-state index is 0.522. The number of fused-ring (bicyclic) bond motifs is 13. The average molecular weight is 1030 g/mol. The first-order chi connectivity index (χ1) is 39.8. The van der Waals surface area contributed by atoms with E-state index in [0.717, 1.165) is 34.1 Å². The van der Waals surface area contributed by atoms with Crippen LogP contribution in [0.25, 0.3) is 44.5 Å². The van der Waals surface area contributed by atoms with Crippen LogP contribution in [-0.2, 0) is 10.8 Å². The van der Waals surface area contributed by atoms with Crippen LogP contribution in [0.1, 0.15) is 44.5 Å². The molecule has 0 heterocycles. The number of hydrogen-bond acceptors (Lipinski definition) is 2. The highest BCUT2D eigenvalue weighted by atomic mass is 15.1. The van der Waals surface area contributed by atoms with Gasteiger partial charge in [0.2, 0.25) is 0 Å². The third-order valence-electron chi connectivity index (χ3n) is 18.7. The molecule has 3 aliphatic carbocycles. The van der Waals surface area contributed by atoms with E-state index in [4.69, 9.17) is 0 Å². The van der Waals surface area contributed by atoms with Gasteiger partial charge in [-0.2, -0.15) is 0 Å². The second-order valence-electron chi connectivity index (χ2n) is 22.4. The van der Waals surface area contributed by atoms with Gasteiger partial charge in [-0.1, -0.05) is 217 Å². The Bertz CT molecular complexity index is 4370. The number of anilines is 6. The fraction of sp³-hybridized carbons (Fsp3) is 0.0270. The van der Waals surface area contributed by atoms with E-state index in [9.17, 15) is 0 Å². The standard InChI is InChI=1S/C74H55B5N2/c75-68-67(69(76)71(78)72(79)70(68)77)58-32-16-20-36-66(58)81(50-39-42-63-59(43-50)55-31-15-17-33-60(55)73(63,46-21-5-1-6-22-46)47-23-7-2-8-24-47)52-38-41-57-54-30-14-19-35-62(54)74(65(57)45-52)61-34-18-13-29-53(61)56-40-37-51(44-64(56)74)80(48-25-9-3-10-26-48)49-27-11-4-12-28-49/h1-45H,75-79H2. The topological polar surface area (TPSA) is 6.48 Å². The molecule has 7 heteroatoms. The Labute approximate surface area is 480 Å². The lowest BCUT2D eigenvalue weighted by molar-refractivity contribution is 0.768. The van der Waals surface area contributed by atoms with Crippen molar-refractivity contribution >= 4 is 101 Å². The summed E-state index contributed by atoms with van der Waals surface area (Å²) in [6.07, 6.45) is 0. The summed E-state index contributed by atoms with van der Waals surface area (Å²) in [5, 5.41) is 0. The molecule has 0 saturated heterocycles. The molecule has 0 aliphatic heterocycles. The molecule has 0 amide bonds. The van der Waals surface area contributed by atoms with Crippen LogP contribution >= 0.6 is 0 Å². The Kier molecular flexibility index (Phi) is 11.3. The highest BCUT2D eigenvalue weighted by molar-refractivity contribution is 6.68. The first-order valence-corrected chi connectivity index (χ1v) is 28.5. The molecule has 15 rings (SSSR count). The average Bonchev–Trinajstić information content (AvgIpc) is 4.30. The van der Waals surface area contributed by atoms with Crippen molar-refractivity contribution < 1.29 is 0 Å². The lowest BCUT2D eigenvalue weighted by Crippen LogP contribution is -2.55. The summed E-state index contributed by atoms with van der Waals surface area (Å²) in [4.78, 5) is 4.98. The Balaban J connectivity index is 1.01. The fourth-order valence-electron chi connectivity index (χ4n) is 14.8. The van der Waals surface area contributed by atoms with Crippen LogP contribution in [0.15, 0.2) is 273 Å². The molecule has 0 N–H and O–H groups in total. The molecule has 0 saturated carbocycles. The third-order valence-corrected chi connectivity index (χ3v) is 18.7. The smallest absolute Gasteiger partial charge is 0.139 e. The molecule has 0 fully saturated rings. The van der Waals surface area contributed by atoms with Crippen molar-refractivity contribution in [2.75, 3.05) is 9.80 Å². The lowest BCUT2D eigenvalue weighted by atomic mass is 9.59. The van der Waals surface area contributed by atoms with E-state index >= 15 is 0 Å². The summed E-state index contributed by atoms with van der Waals surface area (Å²) in [5.41, 5.74) is 32.6. The Morgan fingerprint density at radius 2 is 0.568 bits per heavy atom. The molecule has 1 atom stereocenters. The zero-order valence-electron chi connectivity index (χ0n) is 46.4. The Hall–Kier alpha value is -9.44. The van der Waals surface area contributed by atoms with Gasteiger partial charge in [0, 0.05) is 34.0 Å². The van der Waals surface area contributed by atoms with Gasteiger partial charge in [-0.15, -0.1) is 16.4 Å². The largest absolute Gasteiger partial charge is 0.310 e. The van der Waals surface area contributed by atoms with Gasteiger partial charge in [-0.05, 0) is 150 Å². The van der Waals surface area contributed by atoms with Gasteiger partial charge >= 0.3 is 0 Å². The van der Waals surface area contributed by atoms with E-state index in [1.54, 1.807) is 0 Å². The molecule has 81 heavy (non-hydrogen) atoms. The highest BCUT2D eigenvalue weighted by Gasteiger charge is 2.52. The number of hydrogen-bond donors (Lipinski definition) is 0. The van der Waals surface area contributed by atoms with Gasteiger partial charge in [0.1, 0.15) is 39.2 Å². The molecular weight excluding hydrogens is 971 g/mol. The van der Waals surface area contributed by atoms with E-state index in [0.29, 0.717) is 0 Å². The molecular formula is C74H55B5N2. The monoisotopic (exact) mass is 1030 g/mol. The molecule has 376 valence electrons. The maximum Gasteiger partial charge on any atom is 0.139 e. The van der Waals surface area contributed by atoms with E-state index in [1.807, 2.05) is 0 Å². The first kappa shape index (κ1) is 48.7. The Morgan fingerprint density at radius 3 is 1.07 bits per heavy atom. The van der Waals surface area contributed by atoms with E-state index < -0.39 is 10.8 Å². The second kappa shape index (κ2) is 18.9. The number of para-hydroxylation sites is 3. The zero-order valence-corrected chi connectivity index (χ0v) is 46.4. The van der Waals surface area contributed by atoms with Crippen LogP contribution in [0.5, 0.6) is 0 Å². The van der Waals surface area contributed by atoms with Crippen molar-refractivity contribution in [3.63, 3.8) is 0 Å². The summed E-state index contributed by atoms with van der Waals surface area (Å²) in [5.74, 6) is 0. The normalized spacial score (nSPS) is 14.6. The van der Waals surface area contributed by atoms with Crippen molar-refractivity contribution in [3.8, 4) is 44.5 Å². The van der Waals surface area contributed by atoms with Crippen molar-refractivity contribution in [2.45, 2.75) is 10.8 Å². The molecule has 3 aliphatic rings. The molecule has 1 unspecified atom stereocenters. The zero-order chi connectivity index (χ0) is 54.6. The molecule has 1 spiro atoms. The number of nitrogens with zero attached hydrogens (tertiary/aromatic N) is 2. The second-order valence-corrected chi connectivity index (χ2v) is 22.4. The quantitative estimate of drug-likeness (QED) is 0.133. The predicted molar refractivity (Wildman–Crippen MR) is 356 cm³/mol. The molecule has 0 radical (unpaired) electrons. The summed E-state index contributed by atoms with van der Waals surface area (Å²) >= 11 is 0. The van der Waals surface area contributed by atoms with Gasteiger partial charge in [0.05, 0.1) is 16.5 Å². The van der Waals surface area contributed by atoms with Crippen LogP contribution < -0.4 is 37.1 Å². The van der Waals surface area contributed by atoms with Crippen molar-refractivity contribution in [2.24, 2.45) is 0 Å². The van der Waals surface area contributed by atoms with Crippen molar-refractivity contribution in [3.05, 3.63) is 317 Å². The predicted octanol–water partition coefficient (Wildman–Crippen LogP) is 10.3. The number of rotatable bonds is 9. The van der Waals surface area contributed by atoms with Gasteiger partial charge < -0.3 is 9.80 Å². The van der Waals surface area contributed by atoms with Crippen LogP contribution in [0, 0.1) is 0 Å². The maximum atomic E-state index is 2.58. The fourth-order valence-corrected chi connectivity index (χ4v) is 14.8. The van der Waals surface area contributed by atoms with Gasteiger partial charge in [-0.3, -0.25) is 0 Å². The van der Waals surface area contributed by atoms with Crippen molar-refractivity contribution in [1.29, 1.82) is 0 Å². The minimum Gasteiger partial charge on any atom is -0.310 e. The molecule has 0 bridgehead atoms. The third kappa shape index (κ3) is 7.01. The van der Waals surface area contributed by atoms with E-state index in [1.165, 1.54) is 116 Å². The van der Waals surface area contributed by atoms with Gasteiger partial charge in [0.15, 0.2) is 0 Å². The van der Waals surface area contributed by atoms with Crippen molar-refractivity contribution in [1.82, 2.24) is 0 Å². The summed E-state index contributed by atoms with van der Waals surface area (Å²) in [6, 6.07) is 102. The molecule has 0 aromatic heterocycles. The van der Waals surface area contributed by atoms with E-state index in [-0.39, 0.29) is 0 Å². The maximum absolute atomic E-state index is 2.58. The molecule has 12 aromatic carbocycles.